The maximum absolute atomic E-state index is 13.7. The second-order valence-corrected chi connectivity index (χ2v) is 6.49. The molecule has 2 aromatic rings. The minimum absolute atomic E-state index is 0.0796. The van der Waals surface area contributed by atoms with E-state index in [1.165, 1.54) is 11.6 Å². The van der Waals surface area contributed by atoms with Crippen LogP contribution < -0.4 is 5.32 Å². The topological polar surface area (TPSA) is 32.3 Å². The van der Waals surface area contributed by atoms with E-state index < -0.39 is 0 Å². The third-order valence-electron chi connectivity index (χ3n) is 4.95. The van der Waals surface area contributed by atoms with E-state index in [4.69, 9.17) is 0 Å². The molecule has 2 heterocycles. The smallest absolute Gasteiger partial charge is 0.251 e. The van der Waals surface area contributed by atoms with Gasteiger partial charge in [0.2, 0.25) is 0 Å². The normalized spacial score (nSPS) is 23.8. The predicted octanol–water partition coefficient (Wildman–Crippen LogP) is 2.78. The zero-order valence-electron chi connectivity index (χ0n) is 12.8. The molecule has 0 unspecified atom stereocenters. The fourth-order valence-corrected chi connectivity index (χ4v) is 3.86. The van der Waals surface area contributed by atoms with Crippen molar-refractivity contribution in [2.24, 2.45) is 5.92 Å². The highest BCUT2D eigenvalue weighted by molar-refractivity contribution is 5.96. The number of fused-ring (bicyclic) bond motifs is 3. The van der Waals surface area contributed by atoms with Crippen molar-refractivity contribution in [1.29, 1.82) is 0 Å². The molecule has 23 heavy (non-hydrogen) atoms. The summed E-state index contributed by atoms with van der Waals surface area (Å²) in [7, 11) is 0. The van der Waals surface area contributed by atoms with Gasteiger partial charge in [-0.3, -0.25) is 9.69 Å². The lowest BCUT2D eigenvalue weighted by atomic mass is 9.87. The summed E-state index contributed by atoms with van der Waals surface area (Å²) in [6, 6.07) is 14.9. The lowest BCUT2D eigenvalue weighted by molar-refractivity contribution is 0.0951. The van der Waals surface area contributed by atoms with Gasteiger partial charge in [0.25, 0.3) is 5.91 Å². The number of nitrogens with one attached hydrogen (secondary N) is 1. The van der Waals surface area contributed by atoms with Crippen LogP contribution in [0.25, 0.3) is 0 Å². The molecule has 0 aromatic heterocycles. The quantitative estimate of drug-likeness (QED) is 0.925. The first kappa shape index (κ1) is 14.4. The van der Waals surface area contributed by atoms with E-state index in [2.05, 4.69) is 22.3 Å². The average molecular weight is 310 g/mol. The minimum atomic E-state index is -0.265. The summed E-state index contributed by atoms with van der Waals surface area (Å²) in [5.74, 6) is 0.205. The van der Waals surface area contributed by atoms with Crippen LogP contribution in [0.1, 0.15) is 27.4 Å². The number of amides is 1. The molecular formula is C19H19FN2O. The van der Waals surface area contributed by atoms with E-state index in [9.17, 15) is 9.18 Å². The Morgan fingerprint density at radius 1 is 1.13 bits per heavy atom. The summed E-state index contributed by atoms with van der Waals surface area (Å²) in [6.07, 6.45) is 0. The number of carbonyl (C=O) groups excluding carboxylic acids is 1. The van der Waals surface area contributed by atoms with Crippen molar-refractivity contribution in [3.8, 4) is 0 Å². The van der Waals surface area contributed by atoms with Crippen LogP contribution in [0.15, 0.2) is 48.5 Å². The first-order valence-corrected chi connectivity index (χ1v) is 8.04. The van der Waals surface area contributed by atoms with Crippen LogP contribution in [0.5, 0.6) is 0 Å². The van der Waals surface area contributed by atoms with E-state index >= 15 is 0 Å². The molecule has 118 valence electrons. The molecule has 0 radical (unpaired) electrons. The molecule has 2 atom stereocenters. The summed E-state index contributed by atoms with van der Waals surface area (Å²) in [4.78, 5) is 14.6. The van der Waals surface area contributed by atoms with Gasteiger partial charge in [0.1, 0.15) is 5.82 Å². The van der Waals surface area contributed by atoms with Crippen LogP contribution in [0.3, 0.4) is 0 Å². The van der Waals surface area contributed by atoms with E-state index in [-0.39, 0.29) is 17.6 Å². The Hall–Kier alpha value is -2.20. The number of benzene rings is 2. The second-order valence-electron chi connectivity index (χ2n) is 6.49. The summed E-state index contributed by atoms with van der Waals surface area (Å²) < 4.78 is 13.7. The third kappa shape index (κ3) is 2.75. The lowest BCUT2D eigenvalue weighted by Crippen LogP contribution is -2.29. The highest BCUT2D eigenvalue weighted by Crippen LogP contribution is 2.36. The predicted molar refractivity (Wildman–Crippen MR) is 86.7 cm³/mol. The lowest BCUT2D eigenvalue weighted by Gasteiger charge is -2.17. The molecule has 1 fully saturated rings. The molecule has 1 amide bonds. The SMILES string of the molecule is O=C1NC[C@@H]2CN(Cc3ccccc3)C[C@H]2c2cc(F)ccc21. The molecule has 4 heteroatoms. The van der Waals surface area contributed by atoms with Crippen molar-refractivity contribution in [2.45, 2.75) is 12.5 Å². The largest absolute Gasteiger partial charge is 0.352 e. The zero-order valence-corrected chi connectivity index (χ0v) is 12.8. The van der Waals surface area contributed by atoms with Gasteiger partial charge in [0.05, 0.1) is 0 Å². The van der Waals surface area contributed by atoms with Crippen molar-refractivity contribution in [1.82, 2.24) is 10.2 Å². The molecule has 2 aliphatic heterocycles. The molecule has 2 aromatic carbocycles. The average Bonchev–Trinajstić information content (AvgIpc) is 2.91. The molecular weight excluding hydrogens is 291 g/mol. The summed E-state index contributed by atoms with van der Waals surface area (Å²) in [5, 5.41) is 2.99. The van der Waals surface area contributed by atoms with Crippen LogP contribution >= 0.6 is 0 Å². The van der Waals surface area contributed by atoms with E-state index in [1.807, 2.05) is 18.2 Å². The van der Waals surface area contributed by atoms with Crippen molar-refractivity contribution in [3.63, 3.8) is 0 Å². The Labute approximate surface area is 135 Å². The van der Waals surface area contributed by atoms with Gasteiger partial charge in [-0.1, -0.05) is 30.3 Å². The van der Waals surface area contributed by atoms with Crippen molar-refractivity contribution >= 4 is 5.91 Å². The number of nitrogens with zero attached hydrogens (tertiary/aromatic N) is 1. The fraction of sp³-hybridized carbons (Fsp3) is 0.316. The van der Waals surface area contributed by atoms with Gasteiger partial charge in [0.15, 0.2) is 0 Å². The van der Waals surface area contributed by atoms with Gasteiger partial charge in [0, 0.05) is 37.7 Å². The molecule has 4 rings (SSSR count). The van der Waals surface area contributed by atoms with Crippen LogP contribution in [-0.2, 0) is 6.54 Å². The monoisotopic (exact) mass is 310 g/mol. The van der Waals surface area contributed by atoms with Crippen LogP contribution in [-0.4, -0.2) is 30.4 Å². The minimum Gasteiger partial charge on any atom is -0.352 e. The summed E-state index contributed by atoms with van der Waals surface area (Å²) in [5.41, 5.74) is 2.77. The Bertz CT molecular complexity index is 731. The first-order valence-electron chi connectivity index (χ1n) is 8.04. The third-order valence-corrected chi connectivity index (χ3v) is 4.95. The van der Waals surface area contributed by atoms with Gasteiger partial charge < -0.3 is 5.32 Å². The van der Waals surface area contributed by atoms with Gasteiger partial charge in [-0.2, -0.15) is 0 Å². The fourth-order valence-electron chi connectivity index (χ4n) is 3.86. The van der Waals surface area contributed by atoms with E-state index in [0.29, 0.717) is 18.0 Å². The first-order chi connectivity index (χ1) is 11.2. The summed E-state index contributed by atoms with van der Waals surface area (Å²) in [6.45, 7) is 3.35. The van der Waals surface area contributed by atoms with E-state index in [0.717, 1.165) is 25.2 Å². The number of rotatable bonds is 2. The Morgan fingerprint density at radius 3 is 2.78 bits per heavy atom. The number of hydrogen-bond acceptors (Lipinski definition) is 2. The van der Waals surface area contributed by atoms with Crippen molar-refractivity contribution in [3.05, 3.63) is 71.0 Å². The van der Waals surface area contributed by atoms with Gasteiger partial charge in [-0.25, -0.2) is 4.39 Å². The Balaban J connectivity index is 1.61. The molecule has 3 nitrogen and oxygen atoms in total. The molecule has 0 bridgehead atoms. The van der Waals surface area contributed by atoms with Gasteiger partial charge >= 0.3 is 0 Å². The van der Waals surface area contributed by atoms with Crippen molar-refractivity contribution in [2.75, 3.05) is 19.6 Å². The van der Waals surface area contributed by atoms with Crippen molar-refractivity contribution < 1.29 is 9.18 Å². The number of likely N-dealkylation sites (tertiary alicyclic amines) is 1. The molecule has 2 aliphatic rings. The van der Waals surface area contributed by atoms with Gasteiger partial charge in [-0.15, -0.1) is 0 Å². The maximum atomic E-state index is 13.7. The number of carbonyl (C=O) groups is 1. The standard InChI is InChI=1S/C19H19FN2O/c20-15-6-7-16-17(8-15)18-12-22(10-13-4-2-1-3-5-13)11-14(18)9-21-19(16)23/h1-8,14,18H,9-12H2,(H,21,23)/t14-,18-/m1/s1. The Morgan fingerprint density at radius 2 is 1.96 bits per heavy atom. The maximum Gasteiger partial charge on any atom is 0.251 e. The molecule has 1 saturated heterocycles. The molecule has 0 saturated carbocycles. The number of halogens is 1. The zero-order chi connectivity index (χ0) is 15.8. The van der Waals surface area contributed by atoms with E-state index in [1.54, 1.807) is 12.1 Å². The molecule has 0 spiro atoms. The van der Waals surface area contributed by atoms with Crippen LogP contribution in [0.4, 0.5) is 4.39 Å². The van der Waals surface area contributed by atoms with Crippen LogP contribution in [0.2, 0.25) is 0 Å². The second kappa shape index (κ2) is 5.78. The summed E-state index contributed by atoms with van der Waals surface area (Å²) >= 11 is 0. The number of hydrogen-bond donors (Lipinski definition) is 1. The Kier molecular flexibility index (Phi) is 3.62. The highest BCUT2D eigenvalue weighted by Gasteiger charge is 2.38. The molecule has 1 N–H and O–H groups in total. The van der Waals surface area contributed by atoms with Crippen LogP contribution in [0, 0.1) is 11.7 Å². The van der Waals surface area contributed by atoms with Gasteiger partial charge in [-0.05, 0) is 35.2 Å². The highest BCUT2D eigenvalue weighted by atomic mass is 19.1. The molecule has 0 aliphatic carbocycles.